The van der Waals surface area contributed by atoms with Gasteiger partial charge in [0.1, 0.15) is 12.6 Å². The summed E-state index contributed by atoms with van der Waals surface area (Å²) < 4.78 is 28.4. The van der Waals surface area contributed by atoms with Crippen molar-refractivity contribution in [1.82, 2.24) is 10.2 Å². The second-order valence-electron chi connectivity index (χ2n) is 8.87. The maximum atomic E-state index is 14.0. The first-order valence-corrected chi connectivity index (χ1v) is 14.0. The summed E-state index contributed by atoms with van der Waals surface area (Å²) in [7, 11) is -4.31. The van der Waals surface area contributed by atoms with Crippen LogP contribution in [0.25, 0.3) is 0 Å². The van der Waals surface area contributed by atoms with E-state index in [2.05, 4.69) is 5.32 Å². The highest BCUT2D eigenvalue weighted by Gasteiger charge is 2.34. The molecule has 0 heterocycles. The number of nitrogens with zero attached hydrogens (tertiary/aromatic N) is 3. The number of rotatable bonds is 12. The van der Waals surface area contributed by atoms with Gasteiger partial charge in [-0.3, -0.25) is 24.0 Å². The van der Waals surface area contributed by atoms with Gasteiger partial charge < -0.3 is 10.2 Å². The number of hydrogen-bond acceptors (Lipinski definition) is 6. The highest BCUT2D eigenvalue weighted by atomic mass is 32.2. The van der Waals surface area contributed by atoms with E-state index < -0.39 is 33.4 Å². The van der Waals surface area contributed by atoms with Crippen molar-refractivity contribution < 1.29 is 22.9 Å². The Morgan fingerprint density at radius 3 is 2.26 bits per heavy atom. The number of carbonyl (C=O) groups is 2. The lowest BCUT2D eigenvalue weighted by atomic mass is 10.1. The molecular weight excluding hydrogens is 520 g/mol. The highest BCUT2D eigenvalue weighted by Crippen LogP contribution is 2.28. The minimum Gasteiger partial charge on any atom is -0.355 e. The maximum absolute atomic E-state index is 14.0. The summed E-state index contributed by atoms with van der Waals surface area (Å²) in [5, 5.41) is 14.2. The van der Waals surface area contributed by atoms with Gasteiger partial charge in [-0.25, -0.2) is 8.42 Å². The number of anilines is 1. The van der Waals surface area contributed by atoms with Crippen LogP contribution in [0.3, 0.4) is 0 Å². The van der Waals surface area contributed by atoms with Gasteiger partial charge >= 0.3 is 0 Å². The van der Waals surface area contributed by atoms with E-state index in [0.717, 1.165) is 21.5 Å². The SMILES string of the molecule is CCNC(=O)C(CC)N(Cc1ccccc1C)C(=O)CN(c1cccc([N+](=O)[O-])c1)S(=O)(=O)c1ccccc1. The average Bonchev–Trinajstić information content (AvgIpc) is 2.93. The topological polar surface area (TPSA) is 130 Å². The number of likely N-dealkylation sites (N-methyl/N-ethyl adjacent to an activating group) is 1. The van der Waals surface area contributed by atoms with Crippen LogP contribution >= 0.6 is 0 Å². The fourth-order valence-corrected chi connectivity index (χ4v) is 5.62. The second kappa shape index (κ2) is 13.0. The van der Waals surface area contributed by atoms with Crippen molar-refractivity contribution in [3.05, 3.63) is 100 Å². The molecule has 2 amide bonds. The molecule has 0 aliphatic carbocycles. The van der Waals surface area contributed by atoms with Crippen molar-refractivity contribution in [3.8, 4) is 0 Å². The quantitative estimate of drug-likeness (QED) is 0.267. The van der Waals surface area contributed by atoms with E-state index in [1.165, 1.54) is 35.2 Å². The number of nitro groups is 1. The van der Waals surface area contributed by atoms with Crippen molar-refractivity contribution in [3.63, 3.8) is 0 Å². The van der Waals surface area contributed by atoms with Gasteiger partial charge in [0.15, 0.2) is 0 Å². The number of hydrogen-bond donors (Lipinski definition) is 1. The summed E-state index contributed by atoms with van der Waals surface area (Å²) in [6.07, 6.45) is 0.297. The fourth-order valence-electron chi connectivity index (χ4n) is 4.19. The Labute approximate surface area is 228 Å². The minimum absolute atomic E-state index is 0.0386. The number of aryl methyl sites for hydroxylation is 1. The van der Waals surface area contributed by atoms with Crippen molar-refractivity contribution >= 4 is 33.2 Å². The van der Waals surface area contributed by atoms with Gasteiger partial charge in [0.25, 0.3) is 15.7 Å². The van der Waals surface area contributed by atoms with E-state index in [1.807, 2.05) is 31.2 Å². The Hall–Kier alpha value is -4.25. The molecule has 0 bridgehead atoms. The molecule has 10 nitrogen and oxygen atoms in total. The van der Waals surface area contributed by atoms with Gasteiger partial charge in [-0.05, 0) is 49.6 Å². The summed E-state index contributed by atoms with van der Waals surface area (Å²) >= 11 is 0. The molecule has 3 aromatic rings. The van der Waals surface area contributed by atoms with Crippen LogP contribution in [0.1, 0.15) is 31.4 Å². The zero-order valence-corrected chi connectivity index (χ0v) is 22.9. The van der Waals surface area contributed by atoms with E-state index >= 15 is 0 Å². The smallest absolute Gasteiger partial charge is 0.271 e. The standard InChI is InChI=1S/C28H32N4O6S/c1-4-26(28(34)29-5-2)30(19-22-13-10-9-12-21(22)3)27(33)20-31(23-14-11-15-24(18-23)32(35)36)39(37,38)25-16-7-6-8-17-25/h6-18,26H,4-5,19-20H2,1-3H3,(H,29,34). The molecule has 1 atom stereocenters. The Morgan fingerprint density at radius 2 is 1.64 bits per heavy atom. The van der Waals surface area contributed by atoms with E-state index in [-0.39, 0.29) is 28.7 Å². The Morgan fingerprint density at radius 1 is 0.974 bits per heavy atom. The zero-order valence-electron chi connectivity index (χ0n) is 22.1. The lowest BCUT2D eigenvalue weighted by Gasteiger charge is -2.33. The first-order chi connectivity index (χ1) is 18.6. The number of sulfonamides is 1. The van der Waals surface area contributed by atoms with Crippen LogP contribution in [0, 0.1) is 17.0 Å². The van der Waals surface area contributed by atoms with Gasteiger partial charge in [-0.2, -0.15) is 0 Å². The maximum Gasteiger partial charge on any atom is 0.271 e. The van der Waals surface area contributed by atoms with Crippen molar-refractivity contribution in [2.45, 2.75) is 44.7 Å². The second-order valence-corrected chi connectivity index (χ2v) is 10.7. The number of nitro benzene ring substituents is 1. The Bertz CT molecular complexity index is 1430. The molecule has 1 N–H and O–H groups in total. The Kier molecular flexibility index (Phi) is 9.78. The fraction of sp³-hybridized carbons (Fsp3) is 0.286. The van der Waals surface area contributed by atoms with Crippen molar-refractivity contribution in [1.29, 1.82) is 0 Å². The lowest BCUT2D eigenvalue weighted by molar-refractivity contribution is -0.384. The number of amides is 2. The Balaban J connectivity index is 2.10. The summed E-state index contributed by atoms with van der Waals surface area (Å²) in [5.74, 6) is -0.975. The molecular formula is C28H32N4O6S. The number of non-ortho nitro benzene ring substituents is 1. The van der Waals surface area contributed by atoms with Gasteiger partial charge in [0.05, 0.1) is 15.5 Å². The van der Waals surface area contributed by atoms with Crippen LogP contribution in [-0.2, 0) is 26.2 Å². The molecule has 0 saturated carbocycles. The number of carbonyl (C=O) groups excluding carboxylic acids is 2. The predicted molar refractivity (Wildman–Crippen MR) is 149 cm³/mol. The van der Waals surface area contributed by atoms with Crippen LogP contribution in [0.15, 0.2) is 83.8 Å². The first kappa shape index (κ1) is 29.3. The van der Waals surface area contributed by atoms with E-state index in [4.69, 9.17) is 0 Å². The van der Waals surface area contributed by atoms with Crippen molar-refractivity contribution in [2.24, 2.45) is 0 Å². The molecule has 0 spiro atoms. The molecule has 0 aliphatic rings. The van der Waals surface area contributed by atoms with Crippen LogP contribution in [0.4, 0.5) is 11.4 Å². The summed E-state index contributed by atoms with van der Waals surface area (Å²) in [6.45, 7) is 5.21. The molecule has 206 valence electrons. The normalized spacial score (nSPS) is 11.9. The third-order valence-electron chi connectivity index (χ3n) is 6.28. The largest absolute Gasteiger partial charge is 0.355 e. The van der Waals surface area contributed by atoms with Crippen LogP contribution in [0.5, 0.6) is 0 Å². The molecule has 0 fully saturated rings. The van der Waals surface area contributed by atoms with Gasteiger partial charge in [0.2, 0.25) is 11.8 Å². The number of benzene rings is 3. The summed E-state index contributed by atoms with van der Waals surface area (Å²) in [5.41, 5.74) is 1.36. The van der Waals surface area contributed by atoms with Crippen LogP contribution in [-0.4, -0.2) is 49.2 Å². The van der Waals surface area contributed by atoms with Crippen LogP contribution < -0.4 is 9.62 Å². The van der Waals surface area contributed by atoms with E-state index in [1.54, 1.807) is 32.0 Å². The van der Waals surface area contributed by atoms with Crippen LogP contribution in [0.2, 0.25) is 0 Å². The molecule has 3 rings (SSSR count). The molecule has 0 radical (unpaired) electrons. The average molecular weight is 553 g/mol. The van der Waals surface area contributed by atoms with Crippen molar-refractivity contribution in [2.75, 3.05) is 17.4 Å². The zero-order chi connectivity index (χ0) is 28.6. The molecule has 3 aromatic carbocycles. The molecule has 0 saturated heterocycles. The molecule has 39 heavy (non-hydrogen) atoms. The summed E-state index contributed by atoms with van der Waals surface area (Å²) in [6, 6.07) is 19.2. The molecule has 11 heteroatoms. The third-order valence-corrected chi connectivity index (χ3v) is 8.07. The number of nitrogens with one attached hydrogen (secondary N) is 1. The molecule has 0 aliphatic heterocycles. The lowest BCUT2D eigenvalue weighted by Crippen LogP contribution is -2.52. The molecule has 0 aromatic heterocycles. The van der Waals surface area contributed by atoms with Gasteiger partial charge in [-0.15, -0.1) is 0 Å². The van der Waals surface area contributed by atoms with E-state index in [0.29, 0.717) is 13.0 Å². The van der Waals surface area contributed by atoms with Gasteiger partial charge in [-0.1, -0.05) is 55.5 Å². The monoisotopic (exact) mass is 552 g/mol. The summed E-state index contributed by atoms with van der Waals surface area (Å²) in [4.78, 5) is 39.0. The third kappa shape index (κ3) is 6.99. The first-order valence-electron chi connectivity index (χ1n) is 12.5. The minimum atomic E-state index is -4.31. The molecule has 1 unspecified atom stereocenters. The van der Waals surface area contributed by atoms with Gasteiger partial charge in [0, 0.05) is 25.2 Å². The predicted octanol–water partition coefficient (Wildman–Crippen LogP) is 4.04. The van der Waals surface area contributed by atoms with E-state index in [9.17, 15) is 28.1 Å². The highest BCUT2D eigenvalue weighted by molar-refractivity contribution is 7.92.